The maximum Gasteiger partial charge on any atom is 0.144 e. The van der Waals surface area contributed by atoms with Crippen LogP contribution in [0.1, 0.15) is 57.5 Å². The van der Waals surface area contributed by atoms with E-state index < -0.39 is 0 Å². The van der Waals surface area contributed by atoms with Crippen LogP contribution in [-0.2, 0) is 6.42 Å². The van der Waals surface area contributed by atoms with Crippen LogP contribution in [0.5, 0.6) is 0 Å². The van der Waals surface area contributed by atoms with E-state index in [1.54, 1.807) is 0 Å². The van der Waals surface area contributed by atoms with Gasteiger partial charge in [-0.25, -0.2) is 4.98 Å². The number of nitrogens with one attached hydrogen (secondary N) is 1. The highest BCUT2D eigenvalue weighted by atomic mass is 79.9. The number of rotatable bonds is 3. The lowest BCUT2D eigenvalue weighted by atomic mass is 9.90. The van der Waals surface area contributed by atoms with Gasteiger partial charge in [-0.3, -0.25) is 0 Å². The summed E-state index contributed by atoms with van der Waals surface area (Å²) in [6.45, 7) is 6.76. The second kappa shape index (κ2) is 4.81. The first kappa shape index (κ1) is 13.2. The molecule has 2 rings (SSSR count). The maximum atomic E-state index is 5.30. The number of hydrogen-bond acceptors (Lipinski definition) is 2. The first-order valence-electron chi connectivity index (χ1n) is 6.15. The van der Waals surface area contributed by atoms with Crippen LogP contribution in [0.4, 0.5) is 0 Å². The minimum Gasteiger partial charge on any atom is -0.346 e. The molecule has 94 valence electrons. The Morgan fingerprint density at radius 2 is 2.06 bits per heavy atom. The van der Waals surface area contributed by atoms with E-state index in [9.17, 15) is 0 Å². The van der Waals surface area contributed by atoms with E-state index in [0.717, 1.165) is 23.1 Å². The molecule has 0 aromatic carbocycles. The van der Waals surface area contributed by atoms with Crippen molar-refractivity contribution >= 4 is 28.1 Å². The second-order valence-corrected chi connectivity index (χ2v) is 7.23. The van der Waals surface area contributed by atoms with Gasteiger partial charge in [0, 0.05) is 18.0 Å². The molecule has 1 fully saturated rings. The summed E-state index contributed by atoms with van der Waals surface area (Å²) < 4.78 is 1.70. The molecular weight excluding hydrogens is 296 g/mol. The lowest BCUT2D eigenvalue weighted by molar-refractivity contribution is 0.374. The Kier molecular flexibility index (Phi) is 3.74. The number of nitrogens with zero attached hydrogens (tertiary/aromatic N) is 1. The fraction of sp³-hybridized carbons (Fsp3) is 0.692. The van der Waals surface area contributed by atoms with Crippen molar-refractivity contribution in [1.29, 1.82) is 0 Å². The molecule has 2 nitrogen and oxygen atoms in total. The highest BCUT2D eigenvalue weighted by Gasteiger charge is 2.27. The zero-order chi connectivity index (χ0) is 12.6. The SMILES string of the molecule is CC(C)(C)CCc1nc(=S)c(Br)c(C2CC2)[nH]1. The number of aromatic amines is 1. The van der Waals surface area contributed by atoms with Crippen molar-refractivity contribution in [2.75, 3.05) is 0 Å². The first-order chi connectivity index (χ1) is 7.87. The van der Waals surface area contributed by atoms with Crippen LogP contribution in [0.3, 0.4) is 0 Å². The summed E-state index contributed by atoms with van der Waals surface area (Å²) in [5.74, 6) is 1.71. The molecule has 0 amide bonds. The van der Waals surface area contributed by atoms with Crippen molar-refractivity contribution in [1.82, 2.24) is 9.97 Å². The van der Waals surface area contributed by atoms with E-state index in [0.29, 0.717) is 16.0 Å². The molecule has 0 aliphatic heterocycles. The summed E-state index contributed by atoms with van der Waals surface area (Å²) in [5.41, 5.74) is 1.60. The van der Waals surface area contributed by atoms with Crippen LogP contribution >= 0.6 is 28.1 Å². The van der Waals surface area contributed by atoms with Gasteiger partial charge in [0.25, 0.3) is 0 Å². The zero-order valence-corrected chi connectivity index (χ0v) is 13.0. The van der Waals surface area contributed by atoms with Gasteiger partial charge in [0.15, 0.2) is 0 Å². The summed E-state index contributed by atoms with van der Waals surface area (Å²) in [4.78, 5) is 7.92. The van der Waals surface area contributed by atoms with Gasteiger partial charge >= 0.3 is 0 Å². The fourth-order valence-corrected chi connectivity index (χ4v) is 2.52. The molecule has 1 heterocycles. The predicted molar refractivity (Wildman–Crippen MR) is 76.9 cm³/mol. The Morgan fingerprint density at radius 3 is 2.59 bits per heavy atom. The van der Waals surface area contributed by atoms with Gasteiger partial charge in [0.1, 0.15) is 10.5 Å². The predicted octanol–water partition coefficient (Wildman–Crippen LogP) is 4.76. The minimum atomic E-state index is 0.337. The fourth-order valence-electron chi connectivity index (χ4n) is 1.79. The summed E-state index contributed by atoms with van der Waals surface area (Å²) in [6, 6.07) is 0. The van der Waals surface area contributed by atoms with Crippen molar-refractivity contribution in [3.8, 4) is 0 Å². The van der Waals surface area contributed by atoms with Crippen LogP contribution in [0, 0.1) is 10.1 Å². The third-order valence-electron chi connectivity index (χ3n) is 3.04. The molecule has 1 N–H and O–H groups in total. The Morgan fingerprint density at radius 1 is 1.41 bits per heavy atom. The molecule has 1 aromatic rings. The Labute approximate surface area is 116 Å². The number of aryl methyl sites for hydroxylation is 1. The van der Waals surface area contributed by atoms with Gasteiger partial charge < -0.3 is 4.98 Å². The molecular formula is C13H19BrN2S. The van der Waals surface area contributed by atoms with E-state index in [-0.39, 0.29) is 0 Å². The standard InChI is InChI=1S/C13H19BrN2S/c1-13(2,3)7-6-9-15-11(8-4-5-8)10(14)12(17)16-9/h8H,4-7H2,1-3H3,(H,15,16,17). The molecule has 0 saturated heterocycles. The van der Waals surface area contributed by atoms with Crippen LogP contribution in [0.15, 0.2) is 4.47 Å². The number of halogens is 1. The van der Waals surface area contributed by atoms with E-state index in [1.807, 2.05) is 0 Å². The third-order valence-corrected chi connectivity index (χ3v) is 4.40. The number of aromatic nitrogens is 2. The summed E-state index contributed by atoms with van der Waals surface area (Å²) in [7, 11) is 0. The highest BCUT2D eigenvalue weighted by molar-refractivity contribution is 9.10. The summed E-state index contributed by atoms with van der Waals surface area (Å²) in [5, 5.41) is 0. The van der Waals surface area contributed by atoms with E-state index in [4.69, 9.17) is 12.2 Å². The Hall–Kier alpha value is -0.220. The molecule has 1 aliphatic rings. The van der Waals surface area contributed by atoms with Gasteiger partial charge in [0.05, 0.1) is 4.47 Å². The molecule has 0 bridgehead atoms. The van der Waals surface area contributed by atoms with Crippen LogP contribution in [0.25, 0.3) is 0 Å². The van der Waals surface area contributed by atoms with Crippen molar-refractivity contribution < 1.29 is 0 Å². The Bertz CT molecular complexity index is 469. The van der Waals surface area contributed by atoms with Gasteiger partial charge in [-0.1, -0.05) is 33.0 Å². The molecule has 1 saturated carbocycles. The molecule has 0 atom stereocenters. The Balaban J connectivity index is 2.21. The molecule has 0 spiro atoms. The maximum absolute atomic E-state index is 5.30. The quantitative estimate of drug-likeness (QED) is 0.815. The first-order valence-corrected chi connectivity index (χ1v) is 7.35. The number of hydrogen-bond donors (Lipinski definition) is 1. The van der Waals surface area contributed by atoms with Gasteiger partial charge in [0.2, 0.25) is 0 Å². The summed E-state index contributed by atoms with van der Waals surface area (Å²) >= 11 is 8.85. The van der Waals surface area contributed by atoms with E-state index in [2.05, 4.69) is 46.7 Å². The molecule has 1 aromatic heterocycles. The van der Waals surface area contributed by atoms with Crippen molar-refractivity contribution in [2.24, 2.45) is 5.41 Å². The van der Waals surface area contributed by atoms with E-state index >= 15 is 0 Å². The average Bonchev–Trinajstić information content (AvgIpc) is 3.02. The summed E-state index contributed by atoms with van der Waals surface area (Å²) in [6.07, 6.45) is 4.64. The van der Waals surface area contributed by atoms with E-state index in [1.165, 1.54) is 18.5 Å². The van der Waals surface area contributed by atoms with Gasteiger partial charge in [-0.15, -0.1) is 0 Å². The van der Waals surface area contributed by atoms with Gasteiger partial charge in [-0.2, -0.15) is 0 Å². The molecule has 0 unspecified atom stereocenters. The van der Waals surface area contributed by atoms with Crippen molar-refractivity contribution in [3.05, 3.63) is 20.6 Å². The number of H-pyrrole nitrogens is 1. The lowest BCUT2D eigenvalue weighted by Crippen LogP contribution is -2.09. The third kappa shape index (κ3) is 3.62. The second-order valence-electron chi connectivity index (χ2n) is 6.05. The smallest absolute Gasteiger partial charge is 0.144 e. The molecule has 0 radical (unpaired) electrons. The van der Waals surface area contributed by atoms with Crippen LogP contribution in [-0.4, -0.2) is 9.97 Å². The lowest BCUT2D eigenvalue weighted by Gasteiger charge is -2.17. The van der Waals surface area contributed by atoms with Crippen molar-refractivity contribution in [2.45, 2.75) is 52.4 Å². The van der Waals surface area contributed by atoms with Crippen LogP contribution in [0.2, 0.25) is 0 Å². The molecule has 4 heteroatoms. The zero-order valence-electron chi connectivity index (χ0n) is 10.6. The monoisotopic (exact) mass is 314 g/mol. The minimum absolute atomic E-state index is 0.337. The van der Waals surface area contributed by atoms with Crippen molar-refractivity contribution in [3.63, 3.8) is 0 Å². The normalized spacial score (nSPS) is 16.2. The topological polar surface area (TPSA) is 28.7 Å². The highest BCUT2D eigenvalue weighted by Crippen LogP contribution is 2.42. The largest absolute Gasteiger partial charge is 0.346 e. The van der Waals surface area contributed by atoms with Crippen LogP contribution < -0.4 is 0 Å². The molecule has 17 heavy (non-hydrogen) atoms. The molecule has 1 aliphatic carbocycles. The van der Waals surface area contributed by atoms with Gasteiger partial charge in [-0.05, 0) is 40.6 Å². The average molecular weight is 315 g/mol.